The van der Waals surface area contributed by atoms with E-state index >= 15 is 0 Å². The zero-order valence-electron chi connectivity index (χ0n) is 9.93. The van der Waals surface area contributed by atoms with E-state index < -0.39 is 0 Å². The van der Waals surface area contributed by atoms with Gasteiger partial charge in [-0.1, -0.05) is 30.3 Å². The van der Waals surface area contributed by atoms with Crippen molar-refractivity contribution in [2.75, 3.05) is 26.2 Å². The maximum absolute atomic E-state index is 12.0. The summed E-state index contributed by atoms with van der Waals surface area (Å²) in [6.45, 7) is 2.86. The first-order valence-corrected chi connectivity index (χ1v) is 6.08. The number of nitrogens with two attached hydrogens (primary N) is 1. The fraction of sp³-hybridized carbons (Fsp3) is 0.462. The number of piperazine rings is 1. The standard InChI is InChI=1S/C13H19N3O/c14-7-6-13(17)16-9-8-15-10-12(16)11-4-2-1-3-5-11/h1-5,12,15H,6-10,14H2/t12-/m0/s1. The van der Waals surface area contributed by atoms with Crippen LogP contribution in [0.1, 0.15) is 18.0 Å². The van der Waals surface area contributed by atoms with Crippen molar-refractivity contribution in [3.05, 3.63) is 35.9 Å². The maximum Gasteiger partial charge on any atom is 0.224 e. The van der Waals surface area contributed by atoms with Crippen molar-refractivity contribution in [1.29, 1.82) is 0 Å². The number of benzene rings is 1. The largest absolute Gasteiger partial charge is 0.333 e. The molecule has 1 heterocycles. The molecule has 1 aliphatic rings. The van der Waals surface area contributed by atoms with Crippen LogP contribution in [0.15, 0.2) is 30.3 Å². The molecule has 0 saturated carbocycles. The first-order chi connectivity index (χ1) is 8.33. The minimum Gasteiger partial charge on any atom is -0.333 e. The van der Waals surface area contributed by atoms with Crippen LogP contribution in [0.5, 0.6) is 0 Å². The third-order valence-corrected chi connectivity index (χ3v) is 3.11. The molecule has 0 unspecified atom stereocenters. The molecule has 1 saturated heterocycles. The first-order valence-electron chi connectivity index (χ1n) is 6.08. The molecular weight excluding hydrogens is 214 g/mol. The number of nitrogens with zero attached hydrogens (tertiary/aromatic N) is 1. The van der Waals surface area contributed by atoms with Crippen LogP contribution in [0.4, 0.5) is 0 Å². The van der Waals surface area contributed by atoms with E-state index in [1.807, 2.05) is 23.1 Å². The number of carbonyl (C=O) groups excluding carboxylic acids is 1. The third kappa shape index (κ3) is 2.84. The molecule has 3 N–H and O–H groups in total. The summed E-state index contributed by atoms with van der Waals surface area (Å²) in [5.74, 6) is 0.155. The maximum atomic E-state index is 12.0. The van der Waals surface area contributed by atoms with Crippen LogP contribution in [0.25, 0.3) is 0 Å². The summed E-state index contributed by atoms with van der Waals surface area (Å²) in [4.78, 5) is 13.9. The molecule has 17 heavy (non-hydrogen) atoms. The van der Waals surface area contributed by atoms with Crippen LogP contribution < -0.4 is 11.1 Å². The number of carbonyl (C=O) groups is 1. The summed E-state index contributed by atoms with van der Waals surface area (Å²) in [6.07, 6.45) is 0.434. The van der Waals surface area contributed by atoms with E-state index in [1.165, 1.54) is 5.56 Å². The average molecular weight is 233 g/mol. The van der Waals surface area contributed by atoms with E-state index in [0.717, 1.165) is 19.6 Å². The minimum absolute atomic E-state index is 0.143. The molecule has 0 radical (unpaired) electrons. The van der Waals surface area contributed by atoms with Gasteiger partial charge in [0.2, 0.25) is 5.91 Å². The van der Waals surface area contributed by atoms with Crippen molar-refractivity contribution < 1.29 is 4.79 Å². The van der Waals surface area contributed by atoms with Crippen molar-refractivity contribution >= 4 is 5.91 Å². The summed E-state index contributed by atoms with van der Waals surface area (Å²) < 4.78 is 0. The highest BCUT2D eigenvalue weighted by atomic mass is 16.2. The lowest BCUT2D eigenvalue weighted by atomic mass is 10.0. The number of rotatable bonds is 3. The van der Waals surface area contributed by atoms with Gasteiger partial charge in [-0.25, -0.2) is 0 Å². The summed E-state index contributed by atoms with van der Waals surface area (Å²) in [6, 6.07) is 10.3. The Morgan fingerprint density at radius 1 is 1.41 bits per heavy atom. The molecular formula is C13H19N3O. The fourth-order valence-electron chi connectivity index (χ4n) is 2.24. The molecule has 4 heteroatoms. The van der Waals surface area contributed by atoms with Gasteiger partial charge in [0.25, 0.3) is 0 Å². The normalized spacial score (nSPS) is 20.3. The third-order valence-electron chi connectivity index (χ3n) is 3.11. The Hall–Kier alpha value is -1.39. The van der Waals surface area contributed by atoms with Gasteiger partial charge in [0.1, 0.15) is 0 Å². The van der Waals surface area contributed by atoms with Gasteiger partial charge < -0.3 is 16.0 Å². The smallest absolute Gasteiger partial charge is 0.224 e. The molecule has 1 amide bonds. The molecule has 1 aromatic rings. The second-order valence-electron chi connectivity index (χ2n) is 4.26. The van der Waals surface area contributed by atoms with Crippen LogP contribution in [0.2, 0.25) is 0 Å². The Morgan fingerprint density at radius 3 is 2.88 bits per heavy atom. The monoisotopic (exact) mass is 233 g/mol. The van der Waals surface area contributed by atoms with Crippen molar-refractivity contribution in [2.45, 2.75) is 12.5 Å². The van der Waals surface area contributed by atoms with Gasteiger partial charge in [-0.15, -0.1) is 0 Å². The van der Waals surface area contributed by atoms with Crippen LogP contribution in [-0.2, 0) is 4.79 Å². The second-order valence-corrected chi connectivity index (χ2v) is 4.26. The summed E-state index contributed by atoms with van der Waals surface area (Å²) in [5, 5.41) is 3.34. The molecule has 1 atom stereocenters. The molecule has 4 nitrogen and oxygen atoms in total. The van der Waals surface area contributed by atoms with E-state index in [1.54, 1.807) is 0 Å². The van der Waals surface area contributed by atoms with E-state index in [4.69, 9.17) is 5.73 Å². The Kier molecular flexibility index (Phi) is 4.12. The summed E-state index contributed by atoms with van der Waals surface area (Å²) in [5.41, 5.74) is 6.64. The first kappa shape index (κ1) is 12.1. The minimum atomic E-state index is 0.143. The van der Waals surface area contributed by atoms with Crippen LogP contribution in [-0.4, -0.2) is 37.0 Å². The fourth-order valence-corrected chi connectivity index (χ4v) is 2.24. The van der Waals surface area contributed by atoms with E-state index in [2.05, 4.69) is 17.4 Å². The molecule has 0 aliphatic carbocycles. The van der Waals surface area contributed by atoms with Gasteiger partial charge in [0.05, 0.1) is 6.04 Å². The number of hydrogen-bond acceptors (Lipinski definition) is 3. The average Bonchev–Trinajstić information content (AvgIpc) is 2.40. The van der Waals surface area contributed by atoms with Crippen LogP contribution in [0, 0.1) is 0 Å². The molecule has 92 valence electrons. The summed E-state index contributed by atoms with van der Waals surface area (Å²) in [7, 11) is 0. The van der Waals surface area contributed by atoms with Crippen LogP contribution >= 0.6 is 0 Å². The van der Waals surface area contributed by atoms with E-state index in [9.17, 15) is 4.79 Å². The van der Waals surface area contributed by atoms with Crippen molar-refractivity contribution in [3.8, 4) is 0 Å². The van der Waals surface area contributed by atoms with Gasteiger partial charge in [0.15, 0.2) is 0 Å². The van der Waals surface area contributed by atoms with Gasteiger partial charge >= 0.3 is 0 Å². The lowest BCUT2D eigenvalue weighted by Crippen LogP contribution is -2.49. The molecule has 1 aromatic carbocycles. The highest BCUT2D eigenvalue weighted by Gasteiger charge is 2.26. The second kappa shape index (κ2) is 5.80. The summed E-state index contributed by atoms with van der Waals surface area (Å²) >= 11 is 0. The number of nitrogens with one attached hydrogen (secondary N) is 1. The van der Waals surface area contributed by atoms with E-state index in [0.29, 0.717) is 13.0 Å². The Bertz CT molecular complexity index is 366. The zero-order chi connectivity index (χ0) is 12.1. The Balaban J connectivity index is 2.15. The van der Waals surface area contributed by atoms with E-state index in [-0.39, 0.29) is 11.9 Å². The van der Waals surface area contributed by atoms with Gasteiger partial charge in [0, 0.05) is 32.6 Å². The molecule has 0 spiro atoms. The Labute approximate surface area is 102 Å². The molecule has 2 rings (SSSR count). The highest BCUT2D eigenvalue weighted by Crippen LogP contribution is 2.22. The predicted octanol–water partition coefficient (Wildman–Crippen LogP) is 0.508. The molecule has 0 bridgehead atoms. The van der Waals surface area contributed by atoms with Crippen molar-refractivity contribution in [1.82, 2.24) is 10.2 Å². The zero-order valence-corrected chi connectivity index (χ0v) is 9.93. The van der Waals surface area contributed by atoms with Gasteiger partial charge in [-0.2, -0.15) is 0 Å². The van der Waals surface area contributed by atoms with Crippen molar-refractivity contribution in [2.24, 2.45) is 5.73 Å². The lowest BCUT2D eigenvalue weighted by Gasteiger charge is -2.36. The van der Waals surface area contributed by atoms with Crippen molar-refractivity contribution in [3.63, 3.8) is 0 Å². The molecule has 0 aromatic heterocycles. The number of hydrogen-bond donors (Lipinski definition) is 2. The SMILES string of the molecule is NCCC(=O)N1CCNC[C@H]1c1ccccc1. The predicted molar refractivity (Wildman–Crippen MR) is 67.4 cm³/mol. The van der Waals surface area contributed by atoms with Gasteiger partial charge in [-0.05, 0) is 5.56 Å². The van der Waals surface area contributed by atoms with Crippen LogP contribution in [0.3, 0.4) is 0 Å². The highest BCUT2D eigenvalue weighted by molar-refractivity contribution is 5.77. The quantitative estimate of drug-likeness (QED) is 0.799. The lowest BCUT2D eigenvalue weighted by molar-refractivity contribution is -0.134. The Morgan fingerprint density at radius 2 is 2.18 bits per heavy atom. The molecule has 1 aliphatic heterocycles. The molecule has 1 fully saturated rings. The topological polar surface area (TPSA) is 58.4 Å². The van der Waals surface area contributed by atoms with Gasteiger partial charge in [-0.3, -0.25) is 4.79 Å². The number of amides is 1.